The molecule has 0 spiro atoms. The number of carbonyl (C=O) groups is 1. The van der Waals surface area contributed by atoms with E-state index in [1.54, 1.807) is 36.7 Å². The van der Waals surface area contributed by atoms with Crippen LogP contribution in [0.25, 0.3) is 6.08 Å². The van der Waals surface area contributed by atoms with Crippen LogP contribution in [0.1, 0.15) is 24.8 Å². The Hall–Kier alpha value is -2.42. The molecule has 1 atom stereocenters. The standard InChI is InChI=1S/C24H29ClN4O3S/c25-22-3-1-2-19(16-22)9-15-33(31,32)27-17-20-6-12-29(18-20)24(30)21-7-13-28(14-8-21)23-4-10-26-11-5-23/h1-5,9-11,15-16,20-21,27H,6-8,12-14,17-18H2/b15-9+. The van der Waals surface area contributed by atoms with Crippen molar-refractivity contribution in [3.8, 4) is 0 Å². The van der Waals surface area contributed by atoms with Gasteiger partial charge in [-0.1, -0.05) is 23.7 Å². The maximum atomic E-state index is 13.0. The summed E-state index contributed by atoms with van der Waals surface area (Å²) >= 11 is 5.94. The maximum Gasteiger partial charge on any atom is 0.233 e. The number of likely N-dealkylation sites (tertiary alicyclic amines) is 1. The molecule has 3 heterocycles. The fourth-order valence-corrected chi connectivity index (χ4v) is 5.56. The molecule has 0 aliphatic carbocycles. The average Bonchev–Trinajstić information content (AvgIpc) is 3.31. The summed E-state index contributed by atoms with van der Waals surface area (Å²) in [4.78, 5) is 21.3. The van der Waals surface area contributed by atoms with Gasteiger partial charge in [0.1, 0.15) is 0 Å². The summed E-state index contributed by atoms with van der Waals surface area (Å²) in [5, 5.41) is 1.72. The monoisotopic (exact) mass is 488 g/mol. The van der Waals surface area contributed by atoms with Crippen LogP contribution in [0.4, 0.5) is 5.69 Å². The molecule has 0 bridgehead atoms. The third kappa shape index (κ3) is 6.56. The normalized spacial score (nSPS) is 20.0. The first-order valence-corrected chi connectivity index (χ1v) is 13.2. The van der Waals surface area contributed by atoms with Crippen molar-refractivity contribution in [2.75, 3.05) is 37.6 Å². The first kappa shape index (κ1) is 23.7. The van der Waals surface area contributed by atoms with Crippen molar-refractivity contribution < 1.29 is 13.2 Å². The van der Waals surface area contributed by atoms with Crippen LogP contribution >= 0.6 is 11.6 Å². The Morgan fingerprint density at radius 3 is 2.61 bits per heavy atom. The Morgan fingerprint density at radius 2 is 1.88 bits per heavy atom. The van der Waals surface area contributed by atoms with Gasteiger partial charge in [-0.05, 0) is 61.1 Å². The number of hydrogen-bond donors (Lipinski definition) is 1. The Morgan fingerprint density at radius 1 is 1.12 bits per heavy atom. The number of pyridine rings is 1. The molecule has 0 radical (unpaired) electrons. The Kier molecular flexibility index (Phi) is 7.67. The van der Waals surface area contributed by atoms with Gasteiger partial charge in [0.2, 0.25) is 15.9 Å². The molecular formula is C24H29ClN4O3S. The van der Waals surface area contributed by atoms with Crippen LogP contribution in [0, 0.1) is 11.8 Å². The molecule has 1 aromatic carbocycles. The quantitative estimate of drug-likeness (QED) is 0.646. The van der Waals surface area contributed by atoms with Gasteiger partial charge >= 0.3 is 0 Å². The molecule has 1 unspecified atom stereocenters. The lowest BCUT2D eigenvalue weighted by molar-refractivity contribution is -0.135. The molecule has 9 heteroatoms. The molecule has 7 nitrogen and oxygen atoms in total. The zero-order valence-electron chi connectivity index (χ0n) is 18.4. The lowest BCUT2D eigenvalue weighted by atomic mass is 9.95. The van der Waals surface area contributed by atoms with Gasteiger partial charge in [0.25, 0.3) is 0 Å². The van der Waals surface area contributed by atoms with Gasteiger partial charge in [-0.3, -0.25) is 9.78 Å². The van der Waals surface area contributed by atoms with E-state index in [9.17, 15) is 13.2 Å². The topological polar surface area (TPSA) is 82.6 Å². The van der Waals surface area contributed by atoms with E-state index < -0.39 is 10.0 Å². The molecule has 2 aliphatic heterocycles. The molecule has 2 aliphatic rings. The number of amides is 1. The second-order valence-corrected chi connectivity index (χ2v) is 10.7. The van der Waals surface area contributed by atoms with E-state index in [1.165, 1.54) is 6.08 Å². The highest BCUT2D eigenvalue weighted by molar-refractivity contribution is 7.92. The van der Waals surface area contributed by atoms with Gasteiger partial charge in [-0.2, -0.15) is 0 Å². The zero-order valence-corrected chi connectivity index (χ0v) is 20.0. The van der Waals surface area contributed by atoms with E-state index in [-0.39, 0.29) is 17.7 Å². The number of carbonyl (C=O) groups excluding carboxylic acids is 1. The lowest BCUT2D eigenvalue weighted by Gasteiger charge is -2.34. The molecule has 1 aromatic heterocycles. The molecule has 176 valence electrons. The fourth-order valence-electron chi connectivity index (χ4n) is 4.46. The van der Waals surface area contributed by atoms with Crippen molar-refractivity contribution in [2.45, 2.75) is 19.3 Å². The third-order valence-electron chi connectivity index (χ3n) is 6.33. The van der Waals surface area contributed by atoms with Crippen LogP contribution in [0.3, 0.4) is 0 Å². The minimum absolute atomic E-state index is 0.0409. The van der Waals surface area contributed by atoms with Crippen LogP contribution in [0.15, 0.2) is 54.2 Å². The van der Waals surface area contributed by atoms with E-state index in [4.69, 9.17) is 11.6 Å². The first-order chi connectivity index (χ1) is 15.9. The summed E-state index contributed by atoms with van der Waals surface area (Å²) in [5.41, 5.74) is 1.87. The van der Waals surface area contributed by atoms with Crippen molar-refractivity contribution in [2.24, 2.45) is 11.8 Å². The minimum atomic E-state index is -3.56. The highest BCUT2D eigenvalue weighted by Crippen LogP contribution is 2.26. The number of benzene rings is 1. The molecule has 4 rings (SSSR count). The number of sulfonamides is 1. The highest BCUT2D eigenvalue weighted by Gasteiger charge is 2.33. The van der Waals surface area contributed by atoms with Gasteiger partial charge in [-0.25, -0.2) is 13.1 Å². The Labute approximate surface area is 200 Å². The van der Waals surface area contributed by atoms with Crippen molar-refractivity contribution in [3.63, 3.8) is 0 Å². The van der Waals surface area contributed by atoms with Gasteiger partial charge in [-0.15, -0.1) is 0 Å². The summed E-state index contributed by atoms with van der Waals surface area (Å²) in [6, 6.07) is 11.0. The molecule has 2 saturated heterocycles. The number of rotatable bonds is 7. The maximum absolute atomic E-state index is 13.0. The van der Waals surface area contributed by atoms with Crippen LogP contribution in [-0.2, 0) is 14.8 Å². The SMILES string of the molecule is O=C(C1CCN(c2ccncc2)CC1)N1CCC(CNS(=O)(=O)/C=C/c2cccc(Cl)c2)C1. The van der Waals surface area contributed by atoms with E-state index in [0.29, 0.717) is 24.7 Å². The Balaban J connectivity index is 1.22. The van der Waals surface area contributed by atoms with Gasteiger partial charge < -0.3 is 9.80 Å². The van der Waals surface area contributed by atoms with Crippen LogP contribution in [-0.4, -0.2) is 56.9 Å². The van der Waals surface area contributed by atoms with Crippen molar-refractivity contribution in [1.29, 1.82) is 0 Å². The van der Waals surface area contributed by atoms with Gasteiger partial charge in [0.15, 0.2) is 0 Å². The molecule has 1 N–H and O–H groups in total. The smallest absolute Gasteiger partial charge is 0.233 e. The molecule has 1 amide bonds. The molecular weight excluding hydrogens is 460 g/mol. The van der Waals surface area contributed by atoms with Gasteiger partial charge in [0, 0.05) is 67.2 Å². The second kappa shape index (κ2) is 10.7. The van der Waals surface area contributed by atoms with Crippen LogP contribution in [0.5, 0.6) is 0 Å². The summed E-state index contributed by atoms with van der Waals surface area (Å²) in [5.74, 6) is 0.370. The Bertz CT molecular complexity index is 1090. The molecule has 2 aromatic rings. The number of nitrogens with zero attached hydrogens (tertiary/aromatic N) is 3. The fraction of sp³-hybridized carbons (Fsp3) is 0.417. The van der Waals surface area contributed by atoms with Crippen LogP contribution < -0.4 is 9.62 Å². The van der Waals surface area contributed by atoms with Crippen molar-refractivity contribution >= 4 is 39.3 Å². The predicted octanol–water partition coefficient (Wildman–Crippen LogP) is 3.39. The number of piperidine rings is 1. The second-order valence-electron chi connectivity index (χ2n) is 8.66. The number of anilines is 1. The van der Waals surface area contributed by atoms with E-state index in [1.807, 2.05) is 17.0 Å². The van der Waals surface area contributed by atoms with Gasteiger partial charge in [0.05, 0.1) is 0 Å². The predicted molar refractivity (Wildman–Crippen MR) is 131 cm³/mol. The molecule has 2 fully saturated rings. The van der Waals surface area contributed by atoms with Crippen LogP contribution in [0.2, 0.25) is 5.02 Å². The van der Waals surface area contributed by atoms with Crippen molar-refractivity contribution in [3.05, 3.63) is 64.8 Å². The summed E-state index contributed by atoms with van der Waals surface area (Å²) < 4.78 is 27.3. The summed E-state index contributed by atoms with van der Waals surface area (Å²) in [6.45, 7) is 3.33. The van der Waals surface area contributed by atoms with E-state index in [2.05, 4.69) is 14.6 Å². The molecule has 33 heavy (non-hydrogen) atoms. The summed E-state index contributed by atoms with van der Waals surface area (Å²) in [7, 11) is -3.56. The highest BCUT2D eigenvalue weighted by atomic mass is 35.5. The van der Waals surface area contributed by atoms with E-state index >= 15 is 0 Å². The lowest BCUT2D eigenvalue weighted by Crippen LogP contribution is -2.42. The zero-order chi connectivity index (χ0) is 23.3. The largest absolute Gasteiger partial charge is 0.371 e. The number of halogens is 1. The van der Waals surface area contributed by atoms with E-state index in [0.717, 1.165) is 49.0 Å². The number of nitrogens with one attached hydrogen (secondary N) is 1. The third-order valence-corrected chi connectivity index (χ3v) is 7.63. The number of aromatic nitrogens is 1. The number of hydrogen-bond acceptors (Lipinski definition) is 5. The first-order valence-electron chi connectivity index (χ1n) is 11.3. The average molecular weight is 489 g/mol. The molecule has 0 saturated carbocycles. The van der Waals surface area contributed by atoms with Crippen molar-refractivity contribution in [1.82, 2.24) is 14.6 Å². The minimum Gasteiger partial charge on any atom is -0.371 e. The summed E-state index contributed by atoms with van der Waals surface area (Å²) in [6.07, 6.45) is 7.59.